The average molecular weight is 325 g/mol. The number of rotatable bonds is 2. The van der Waals surface area contributed by atoms with Gasteiger partial charge in [0.15, 0.2) is 6.04 Å². The minimum Gasteiger partial charge on any atom is -0.323 e. The molecule has 0 saturated heterocycles. The summed E-state index contributed by atoms with van der Waals surface area (Å²) in [5.74, 6) is -0.676. The van der Waals surface area contributed by atoms with E-state index in [0.717, 1.165) is 40.9 Å². The second-order valence-corrected chi connectivity index (χ2v) is 6.34. The highest BCUT2D eigenvalue weighted by Crippen LogP contribution is 2.43. The summed E-state index contributed by atoms with van der Waals surface area (Å²) in [7, 11) is 2.02. The Morgan fingerprint density at radius 1 is 1.25 bits per heavy atom. The molecule has 1 unspecified atom stereocenters. The average Bonchev–Trinajstić information content (AvgIpc) is 2.90. The SMILES string of the molecule is CN1CCc2c(-c3ccc(F)cc3)cc3c(c2C1)NC(=O)C3N=O. The van der Waals surface area contributed by atoms with Crippen LogP contribution in [0, 0.1) is 10.7 Å². The number of hydrogen-bond donors (Lipinski definition) is 1. The van der Waals surface area contributed by atoms with Gasteiger partial charge < -0.3 is 10.2 Å². The van der Waals surface area contributed by atoms with E-state index in [1.807, 2.05) is 13.1 Å². The largest absolute Gasteiger partial charge is 0.323 e. The highest BCUT2D eigenvalue weighted by molar-refractivity contribution is 6.04. The molecule has 2 aliphatic heterocycles. The van der Waals surface area contributed by atoms with Gasteiger partial charge in [-0.3, -0.25) is 4.79 Å². The lowest BCUT2D eigenvalue weighted by Crippen LogP contribution is -2.27. The topological polar surface area (TPSA) is 61.8 Å². The number of halogens is 1. The first-order chi connectivity index (χ1) is 11.6. The van der Waals surface area contributed by atoms with E-state index >= 15 is 0 Å². The van der Waals surface area contributed by atoms with Gasteiger partial charge in [0, 0.05) is 18.7 Å². The summed E-state index contributed by atoms with van der Waals surface area (Å²) in [5.41, 5.74) is 5.33. The molecule has 2 aromatic rings. The van der Waals surface area contributed by atoms with E-state index in [-0.39, 0.29) is 11.7 Å². The Bertz CT molecular complexity index is 848. The zero-order valence-electron chi connectivity index (χ0n) is 13.2. The van der Waals surface area contributed by atoms with Crippen LogP contribution in [-0.4, -0.2) is 24.4 Å². The van der Waals surface area contributed by atoms with Crippen LogP contribution in [0.25, 0.3) is 11.1 Å². The Balaban J connectivity index is 1.96. The van der Waals surface area contributed by atoms with Crippen molar-refractivity contribution in [2.75, 3.05) is 18.9 Å². The monoisotopic (exact) mass is 325 g/mol. The number of likely N-dealkylation sites (N-methyl/N-ethyl adjacent to an activating group) is 1. The molecule has 0 aliphatic carbocycles. The predicted octanol–water partition coefficient (Wildman–Crippen LogP) is 3.24. The highest BCUT2D eigenvalue weighted by atomic mass is 19.1. The zero-order valence-corrected chi connectivity index (χ0v) is 13.2. The van der Waals surface area contributed by atoms with Crippen LogP contribution >= 0.6 is 0 Å². The van der Waals surface area contributed by atoms with Crippen LogP contribution in [0.5, 0.6) is 0 Å². The van der Waals surface area contributed by atoms with Crippen LogP contribution in [0.3, 0.4) is 0 Å². The van der Waals surface area contributed by atoms with E-state index in [2.05, 4.69) is 15.4 Å². The highest BCUT2D eigenvalue weighted by Gasteiger charge is 2.36. The number of nitrogens with one attached hydrogen (secondary N) is 1. The van der Waals surface area contributed by atoms with E-state index < -0.39 is 6.04 Å². The van der Waals surface area contributed by atoms with Gasteiger partial charge in [-0.05, 0) is 53.9 Å². The molecule has 6 heteroatoms. The smallest absolute Gasteiger partial charge is 0.257 e. The molecule has 0 fully saturated rings. The molecule has 0 spiro atoms. The molecule has 4 rings (SSSR count). The van der Waals surface area contributed by atoms with Crippen LogP contribution < -0.4 is 5.32 Å². The summed E-state index contributed by atoms with van der Waals surface area (Å²) in [6, 6.07) is 7.13. The first kappa shape index (κ1) is 15.0. The third-order valence-electron chi connectivity index (χ3n) is 4.80. The van der Waals surface area contributed by atoms with Gasteiger partial charge in [-0.1, -0.05) is 17.3 Å². The Labute approximate surface area is 138 Å². The normalized spacial score (nSPS) is 19.6. The summed E-state index contributed by atoms with van der Waals surface area (Å²) in [6.07, 6.45) is 0.834. The van der Waals surface area contributed by atoms with Crippen molar-refractivity contribution >= 4 is 11.6 Å². The van der Waals surface area contributed by atoms with Crippen molar-refractivity contribution in [1.82, 2.24) is 4.90 Å². The van der Waals surface area contributed by atoms with Gasteiger partial charge in [0.05, 0.1) is 5.69 Å². The van der Waals surface area contributed by atoms with Crippen molar-refractivity contribution in [1.29, 1.82) is 0 Å². The van der Waals surface area contributed by atoms with Gasteiger partial charge in [0.2, 0.25) is 0 Å². The molecule has 24 heavy (non-hydrogen) atoms. The fraction of sp³-hybridized carbons (Fsp3) is 0.278. The van der Waals surface area contributed by atoms with Crippen LogP contribution in [-0.2, 0) is 17.8 Å². The first-order valence-electron chi connectivity index (χ1n) is 7.85. The maximum absolute atomic E-state index is 13.3. The molecule has 2 aliphatic rings. The minimum absolute atomic E-state index is 0.294. The third kappa shape index (κ3) is 2.22. The second-order valence-electron chi connectivity index (χ2n) is 6.34. The summed E-state index contributed by atoms with van der Waals surface area (Å²) in [6.45, 7) is 1.60. The van der Waals surface area contributed by atoms with Crippen molar-refractivity contribution in [3.8, 4) is 11.1 Å². The van der Waals surface area contributed by atoms with Crippen molar-refractivity contribution in [3.05, 3.63) is 57.7 Å². The number of hydrogen-bond acceptors (Lipinski definition) is 4. The van der Waals surface area contributed by atoms with E-state index in [1.165, 1.54) is 12.1 Å². The fourth-order valence-electron chi connectivity index (χ4n) is 3.60. The number of amides is 1. The molecule has 1 amide bonds. The number of nitroso groups, excluding NO2 is 1. The maximum Gasteiger partial charge on any atom is 0.257 e. The summed E-state index contributed by atoms with van der Waals surface area (Å²) in [5, 5.41) is 5.81. The van der Waals surface area contributed by atoms with Crippen molar-refractivity contribution in [2.24, 2.45) is 5.18 Å². The van der Waals surface area contributed by atoms with E-state index in [4.69, 9.17) is 0 Å². The van der Waals surface area contributed by atoms with Crippen LogP contribution in [0.4, 0.5) is 10.1 Å². The molecule has 1 atom stereocenters. The maximum atomic E-state index is 13.3. The quantitative estimate of drug-likeness (QED) is 0.862. The standard InChI is InChI=1S/C18H16FN3O2/c1-22-7-6-12-13(10-2-4-11(19)5-3-10)8-14-16(15(12)9-22)20-18(23)17(14)21-24/h2-5,8,17H,6-7,9H2,1H3,(H,20,23). The lowest BCUT2D eigenvalue weighted by molar-refractivity contribution is -0.116. The third-order valence-corrected chi connectivity index (χ3v) is 4.80. The molecule has 2 aromatic carbocycles. The van der Waals surface area contributed by atoms with Gasteiger partial charge in [-0.25, -0.2) is 4.39 Å². The van der Waals surface area contributed by atoms with Gasteiger partial charge in [0.25, 0.3) is 5.91 Å². The molecule has 0 bridgehead atoms. The lowest BCUT2D eigenvalue weighted by atomic mass is 9.87. The van der Waals surface area contributed by atoms with E-state index in [0.29, 0.717) is 12.1 Å². The lowest BCUT2D eigenvalue weighted by Gasteiger charge is -2.29. The molecular formula is C18H16FN3O2. The van der Waals surface area contributed by atoms with Crippen molar-refractivity contribution in [3.63, 3.8) is 0 Å². The zero-order chi connectivity index (χ0) is 16.8. The predicted molar refractivity (Wildman–Crippen MR) is 89.0 cm³/mol. The fourth-order valence-corrected chi connectivity index (χ4v) is 3.60. The molecular weight excluding hydrogens is 309 g/mol. The van der Waals surface area contributed by atoms with Gasteiger partial charge in [-0.15, -0.1) is 4.91 Å². The Hall–Kier alpha value is -2.60. The van der Waals surface area contributed by atoms with Gasteiger partial charge in [0.1, 0.15) is 5.82 Å². The number of fused-ring (bicyclic) bond motifs is 3. The van der Waals surface area contributed by atoms with Crippen molar-refractivity contribution < 1.29 is 9.18 Å². The van der Waals surface area contributed by atoms with Crippen LogP contribution in [0.15, 0.2) is 35.5 Å². The van der Waals surface area contributed by atoms with E-state index in [9.17, 15) is 14.1 Å². The Morgan fingerprint density at radius 3 is 2.71 bits per heavy atom. The molecule has 5 nitrogen and oxygen atoms in total. The van der Waals surface area contributed by atoms with Crippen molar-refractivity contribution in [2.45, 2.75) is 19.0 Å². The Morgan fingerprint density at radius 2 is 2.00 bits per heavy atom. The van der Waals surface area contributed by atoms with E-state index in [1.54, 1.807) is 12.1 Å². The Kier molecular flexibility index (Phi) is 3.42. The number of carbonyl (C=O) groups is 1. The molecule has 1 N–H and O–H groups in total. The minimum atomic E-state index is -1.02. The summed E-state index contributed by atoms with van der Waals surface area (Å²) in [4.78, 5) is 25.4. The molecule has 122 valence electrons. The molecule has 0 aromatic heterocycles. The van der Waals surface area contributed by atoms with Crippen LogP contribution in [0.1, 0.15) is 22.7 Å². The molecule has 2 heterocycles. The number of benzene rings is 2. The second kappa shape index (κ2) is 5.49. The summed E-state index contributed by atoms with van der Waals surface area (Å²) >= 11 is 0. The number of carbonyl (C=O) groups excluding carboxylic acids is 1. The number of nitrogens with zero attached hydrogens (tertiary/aromatic N) is 2. The summed E-state index contributed by atoms with van der Waals surface area (Å²) < 4.78 is 13.3. The first-order valence-corrected chi connectivity index (χ1v) is 7.85. The van der Waals surface area contributed by atoms with Gasteiger partial charge >= 0.3 is 0 Å². The number of anilines is 1. The molecule has 0 saturated carbocycles. The molecule has 0 radical (unpaired) electrons. The van der Waals surface area contributed by atoms with Crippen LogP contribution in [0.2, 0.25) is 0 Å². The van der Waals surface area contributed by atoms with Gasteiger partial charge in [-0.2, -0.15) is 0 Å².